The Balaban J connectivity index is 2.14. The van der Waals surface area contributed by atoms with Crippen molar-refractivity contribution in [1.29, 1.82) is 0 Å². The first kappa shape index (κ1) is 13.6. The fourth-order valence-electron chi connectivity index (χ4n) is 1.76. The number of amides is 1. The van der Waals surface area contributed by atoms with E-state index < -0.39 is 0 Å². The predicted octanol–water partition coefficient (Wildman–Crippen LogP) is 2.60. The molecule has 0 saturated heterocycles. The molecule has 1 aromatic carbocycles. The topological polar surface area (TPSA) is 72.4 Å². The Morgan fingerprint density at radius 3 is 2.74 bits per heavy atom. The van der Waals surface area contributed by atoms with Crippen LogP contribution in [0.5, 0.6) is 0 Å². The number of benzene rings is 1. The van der Waals surface area contributed by atoms with Crippen molar-refractivity contribution < 1.29 is 9.32 Å². The second-order valence-electron chi connectivity index (χ2n) is 4.36. The quantitative estimate of drug-likeness (QED) is 0.881. The molecular weight excluding hydrogens is 310 g/mol. The van der Waals surface area contributed by atoms with Gasteiger partial charge in [0, 0.05) is 28.8 Å². The highest BCUT2D eigenvalue weighted by molar-refractivity contribution is 9.10. The van der Waals surface area contributed by atoms with Gasteiger partial charge in [0.15, 0.2) is 0 Å². The molecule has 2 N–H and O–H groups in total. The van der Waals surface area contributed by atoms with E-state index in [-0.39, 0.29) is 5.91 Å². The van der Waals surface area contributed by atoms with Gasteiger partial charge >= 0.3 is 0 Å². The van der Waals surface area contributed by atoms with Crippen molar-refractivity contribution in [3.05, 3.63) is 45.8 Å². The number of nitrogens with two attached hydrogens (primary N) is 1. The molecule has 0 fully saturated rings. The molecular formula is C13H14BrN3O2. The van der Waals surface area contributed by atoms with Gasteiger partial charge in [-0.25, -0.2) is 0 Å². The maximum Gasteiger partial charge on any atom is 0.254 e. The van der Waals surface area contributed by atoms with Crippen LogP contribution in [0.25, 0.3) is 0 Å². The second-order valence-corrected chi connectivity index (χ2v) is 5.28. The molecule has 1 heterocycles. The molecule has 100 valence electrons. The van der Waals surface area contributed by atoms with Crippen LogP contribution in [0.3, 0.4) is 0 Å². The van der Waals surface area contributed by atoms with Crippen LogP contribution >= 0.6 is 15.9 Å². The second kappa shape index (κ2) is 5.44. The Morgan fingerprint density at radius 2 is 2.16 bits per heavy atom. The SMILES string of the molecule is Cc1cc(CN(C)C(=O)c2cc(N)cc(Br)c2)no1. The van der Waals surface area contributed by atoms with Crippen LogP contribution in [0, 0.1) is 6.92 Å². The van der Waals surface area contributed by atoms with Crippen LogP contribution in [0.1, 0.15) is 21.8 Å². The summed E-state index contributed by atoms with van der Waals surface area (Å²) >= 11 is 3.32. The Morgan fingerprint density at radius 1 is 1.42 bits per heavy atom. The van der Waals surface area contributed by atoms with Crippen molar-refractivity contribution >= 4 is 27.5 Å². The molecule has 19 heavy (non-hydrogen) atoms. The maximum absolute atomic E-state index is 12.3. The number of hydrogen-bond acceptors (Lipinski definition) is 4. The molecule has 1 aromatic heterocycles. The molecule has 0 aliphatic rings. The van der Waals surface area contributed by atoms with E-state index in [4.69, 9.17) is 10.3 Å². The zero-order chi connectivity index (χ0) is 14.0. The largest absolute Gasteiger partial charge is 0.399 e. The van der Waals surface area contributed by atoms with Gasteiger partial charge in [-0.05, 0) is 25.1 Å². The van der Waals surface area contributed by atoms with E-state index in [9.17, 15) is 4.79 Å². The lowest BCUT2D eigenvalue weighted by Crippen LogP contribution is -2.26. The third kappa shape index (κ3) is 3.35. The highest BCUT2D eigenvalue weighted by Crippen LogP contribution is 2.19. The highest BCUT2D eigenvalue weighted by atomic mass is 79.9. The summed E-state index contributed by atoms with van der Waals surface area (Å²) < 4.78 is 5.75. The van der Waals surface area contributed by atoms with Gasteiger partial charge in [-0.3, -0.25) is 4.79 Å². The number of anilines is 1. The van der Waals surface area contributed by atoms with Crippen LogP contribution in [0.4, 0.5) is 5.69 Å². The summed E-state index contributed by atoms with van der Waals surface area (Å²) in [5.41, 5.74) is 7.53. The molecule has 0 bridgehead atoms. The van der Waals surface area contributed by atoms with Crippen LogP contribution in [-0.2, 0) is 6.54 Å². The van der Waals surface area contributed by atoms with Crippen molar-refractivity contribution in [2.24, 2.45) is 0 Å². The van der Waals surface area contributed by atoms with Crippen molar-refractivity contribution in [3.63, 3.8) is 0 Å². The number of aryl methyl sites for hydroxylation is 1. The van der Waals surface area contributed by atoms with Crippen LogP contribution in [0.2, 0.25) is 0 Å². The fraction of sp³-hybridized carbons (Fsp3) is 0.231. The molecule has 0 atom stereocenters. The standard InChI is InChI=1S/C13H14BrN3O2/c1-8-3-12(16-19-8)7-17(2)13(18)9-4-10(14)6-11(15)5-9/h3-6H,7,15H2,1-2H3. The summed E-state index contributed by atoms with van der Waals surface area (Å²) in [5.74, 6) is 0.608. The summed E-state index contributed by atoms with van der Waals surface area (Å²) in [4.78, 5) is 13.8. The number of nitrogens with zero attached hydrogens (tertiary/aromatic N) is 2. The monoisotopic (exact) mass is 323 g/mol. The molecule has 0 saturated carbocycles. The van der Waals surface area contributed by atoms with Gasteiger partial charge in [0.25, 0.3) is 5.91 Å². The maximum atomic E-state index is 12.3. The molecule has 0 spiro atoms. The average Bonchev–Trinajstić information content (AvgIpc) is 2.72. The fourth-order valence-corrected chi connectivity index (χ4v) is 2.27. The molecule has 0 aliphatic carbocycles. The summed E-state index contributed by atoms with van der Waals surface area (Å²) in [6.07, 6.45) is 0. The number of hydrogen-bond donors (Lipinski definition) is 1. The minimum absolute atomic E-state index is 0.117. The van der Waals surface area contributed by atoms with E-state index in [0.717, 1.165) is 15.9 Å². The number of nitrogen functional groups attached to an aromatic ring is 1. The highest BCUT2D eigenvalue weighted by Gasteiger charge is 2.14. The third-order valence-electron chi connectivity index (χ3n) is 2.59. The first-order valence-corrected chi connectivity index (χ1v) is 6.49. The van der Waals surface area contributed by atoms with Gasteiger partial charge in [0.1, 0.15) is 11.5 Å². The number of aromatic nitrogens is 1. The smallest absolute Gasteiger partial charge is 0.254 e. The third-order valence-corrected chi connectivity index (χ3v) is 3.05. The number of rotatable bonds is 3. The lowest BCUT2D eigenvalue weighted by Gasteiger charge is -2.16. The van der Waals surface area contributed by atoms with Crippen LogP contribution < -0.4 is 5.73 Å². The minimum Gasteiger partial charge on any atom is -0.399 e. The van der Waals surface area contributed by atoms with Gasteiger partial charge in [-0.2, -0.15) is 0 Å². The number of carbonyl (C=O) groups is 1. The van der Waals surface area contributed by atoms with E-state index >= 15 is 0 Å². The minimum atomic E-state index is -0.117. The van der Waals surface area contributed by atoms with E-state index in [0.29, 0.717) is 17.8 Å². The molecule has 1 amide bonds. The molecule has 6 heteroatoms. The van der Waals surface area contributed by atoms with Gasteiger partial charge in [-0.1, -0.05) is 21.1 Å². The Kier molecular flexibility index (Phi) is 3.90. The Bertz CT molecular complexity index is 589. The summed E-state index contributed by atoms with van der Waals surface area (Å²) in [6, 6.07) is 6.94. The van der Waals surface area contributed by atoms with Crippen molar-refractivity contribution in [3.8, 4) is 0 Å². The lowest BCUT2D eigenvalue weighted by atomic mass is 10.2. The van der Waals surface area contributed by atoms with Gasteiger partial charge in [0.2, 0.25) is 0 Å². The van der Waals surface area contributed by atoms with E-state index in [2.05, 4.69) is 21.1 Å². The van der Waals surface area contributed by atoms with Crippen LogP contribution in [0.15, 0.2) is 33.3 Å². The zero-order valence-corrected chi connectivity index (χ0v) is 12.3. The summed E-state index contributed by atoms with van der Waals surface area (Å²) in [6.45, 7) is 2.20. The lowest BCUT2D eigenvalue weighted by molar-refractivity contribution is 0.0782. The summed E-state index contributed by atoms with van der Waals surface area (Å²) in [7, 11) is 1.71. The number of halogens is 1. The summed E-state index contributed by atoms with van der Waals surface area (Å²) in [5, 5.41) is 3.86. The molecule has 5 nitrogen and oxygen atoms in total. The molecule has 2 rings (SSSR count). The van der Waals surface area contributed by atoms with E-state index in [1.165, 1.54) is 0 Å². The molecule has 0 radical (unpaired) electrons. The average molecular weight is 324 g/mol. The Hall–Kier alpha value is -1.82. The van der Waals surface area contributed by atoms with Gasteiger partial charge in [-0.15, -0.1) is 0 Å². The van der Waals surface area contributed by atoms with Gasteiger partial charge < -0.3 is 15.2 Å². The predicted molar refractivity (Wildman–Crippen MR) is 75.6 cm³/mol. The van der Waals surface area contributed by atoms with Crippen molar-refractivity contribution in [2.75, 3.05) is 12.8 Å². The molecule has 0 unspecified atom stereocenters. The van der Waals surface area contributed by atoms with E-state index in [1.54, 1.807) is 36.2 Å². The molecule has 2 aromatic rings. The molecule has 0 aliphatic heterocycles. The number of carbonyl (C=O) groups excluding carboxylic acids is 1. The van der Waals surface area contributed by atoms with Gasteiger partial charge in [0.05, 0.1) is 6.54 Å². The zero-order valence-electron chi connectivity index (χ0n) is 10.7. The first-order chi connectivity index (χ1) is 8.95. The Labute approximate surface area is 119 Å². The first-order valence-electron chi connectivity index (χ1n) is 5.69. The van der Waals surface area contributed by atoms with Crippen LogP contribution in [-0.4, -0.2) is 23.0 Å². The van der Waals surface area contributed by atoms with Crippen molar-refractivity contribution in [1.82, 2.24) is 10.1 Å². The normalized spacial score (nSPS) is 10.5. The van der Waals surface area contributed by atoms with Crippen molar-refractivity contribution in [2.45, 2.75) is 13.5 Å². The van der Waals surface area contributed by atoms with E-state index in [1.807, 2.05) is 6.92 Å².